The van der Waals surface area contributed by atoms with Crippen LogP contribution >= 0.6 is 0 Å². The quantitative estimate of drug-likeness (QED) is 0.926. The van der Waals surface area contributed by atoms with E-state index in [4.69, 9.17) is 4.74 Å². The minimum Gasteiger partial charge on any atom is -0.496 e. The maximum absolute atomic E-state index is 11.9. The van der Waals surface area contributed by atoms with E-state index in [1.807, 2.05) is 19.2 Å². The summed E-state index contributed by atoms with van der Waals surface area (Å²) in [5.41, 5.74) is 4.12. The van der Waals surface area contributed by atoms with Crippen LogP contribution in [0.3, 0.4) is 0 Å². The average molecular weight is 325 g/mol. The summed E-state index contributed by atoms with van der Waals surface area (Å²) in [6, 6.07) is 9.67. The SMILES string of the molecule is COc1cc(-c2cc(C)c(=O)n(C)c2)ccc1CN1CC2NCC21. The fourth-order valence-corrected chi connectivity index (χ4v) is 3.70. The van der Waals surface area contributed by atoms with Crippen molar-refractivity contribution in [2.24, 2.45) is 7.05 Å². The molecule has 2 saturated heterocycles. The summed E-state index contributed by atoms with van der Waals surface area (Å²) in [6.07, 6.45) is 1.88. The molecule has 126 valence electrons. The van der Waals surface area contributed by atoms with Gasteiger partial charge < -0.3 is 14.6 Å². The molecular formula is C19H23N3O2. The summed E-state index contributed by atoms with van der Waals surface area (Å²) in [6.45, 7) is 5.00. The van der Waals surface area contributed by atoms with Crippen LogP contribution in [0.1, 0.15) is 11.1 Å². The van der Waals surface area contributed by atoms with E-state index >= 15 is 0 Å². The maximum atomic E-state index is 11.9. The van der Waals surface area contributed by atoms with Crippen LogP contribution in [0.15, 0.2) is 35.3 Å². The largest absolute Gasteiger partial charge is 0.496 e. The second-order valence-electron chi connectivity index (χ2n) is 6.87. The molecule has 4 rings (SSSR count). The predicted molar refractivity (Wildman–Crippen MR) is 94.4 cm³/mol. The molecule has 0 radical (unpaired) electrons. The molecule has 5 heteroatoms. The third kappa shape index (κ3) is 2.44. The van der Waals surface area contributed by atoms with E-state index in [1.165, 1.54) is 5.56 Å². The Balaban J connectivity index is 1.62. The van der Waals surface area contributed by atoms with Crippen molar-refractivity contribution in [3.05, 3.63) is 51.9 Å². The lowest BCUT2D eigenvalue weighted by atomic mass is 9.88. The van der Waals surface area contributed by atoms with E-state index in [2.05, 4.69) is 28.4 Å². The van der Waals surface area contributed by atoms with Gasteiger partial charge in [0, 0.05) is 56.1 Å². The fraction of sp³-hybridized carbons (Fsp3) is 0.421. The van der Waals surface area contributed by atoms with Crippen molar-refractivity contribution in [3.63, 3.8) is 0 Å². The highest BCUT2D eigenvalue weighted by Crippen LogP contribution is 2.32. The molecule has 1 N–H and O–H groups in total. The summed E-state index contributed by atoms with van der Waals surface area (Å²) >= 11 is 0. The predicted octanol–water partition coefficient (Wildman–Crippen LogP) is 1.53. The number of piperazine rings is 1. The third-order valence-corrected chi connectivity index (χ3v) is 5.31. The highest BCUT2D eigenvalue weighted by Gasteiger charge is 2.45. The van der Waals surface area contributed by atoms with Crippen LogP contribution in [0.5, 0.6) is 5.75 Å². The van der Waals surface area contributed by atoms with E-state index in [0.717, 1.165) is 42.1 Å². The van der Waals surface area contributed by atoms with Gasteiger partial charge in [-0.2, -0.15) is 0 Å². The van der Waals surface area contributed by atoms with Gasteiger partial charge in [0.05, 0.1) is 7.11 Å². The molecule has 5 nitrogen and oxygen atoms in total. The average Bonchev–Trinajstić information content (AvgIpc) is 2.56. The fourth-order valence-electron chi connectivity index (χ4n) is 3.70. The van der Waals surface area contributed by atoms with Crippen molar-refractivity contribution >= 4 is 0 Å². The van der Waals surface area contributed by atoms with Crippen molar-refractivity contribution in [1.82, 2.24) is 14.8 Å². The van der Waals surface area contributed by atoms with Crippen LogP contribution < -0.4 is 15.6 Å². The monoisotopic (exact) mass is 325 g/mol. The highest BCUT2D eigenvalue weighted by atomic mass is 16.5. The normalized spacial score (nSPS) is 22.5. The molecule has 1 aromatic heterocycles. The molecule has 2 unspecified atom stereocenters. The van der Waals surface area contributed by atoms with Crippen molar-refractivity contribution < 1.29 is 4.74 Å². The summed E-state index contributed by atoms with van der Waals surface area (Å²) in [5.74, 6) is 0.912. The molecule has 0 amide bonds. The van der Waals surface area contributed by atoms with E-state index < -0.39 is 0 Å². The molecule has 0 aliphatic carbocycles. The van der Waals surface area contributed by atoms with Crippen LogP contribution in [-0.4, -0.2) is 41.8 Å². The van der Waals surface area contributed by atoms with Crippen molar-refractivity contribution in [2.45, 2.75) is 25.6 Å². The number of hydrogen-bond donors (Lipinski definition) is 1. The summed E-state index contributed by atoms with van der Waals surface area (Å²) < 4.78 is 7.26. The number of hydrogen-bond acceptors (Lipinski definition) is 4. The van der Waals surface area contributed by atoms with Crippen LogP contribution in [0, 0.1) is 6.92 Å². The molecule has 24 heavy (non-hydrogen) atoms. The number of aromatic nitrogens is 1. The first-order valence-corrected chi connectivity index (χ1v) is 8.39. The Bertz CT molecular complexity index is 817. The van der Waals surface area contributed by atoms with E-state index in [9.17, 15) is 4.79 Å². The van der Waals surface area contributed by atoms with Gasteiger partial charge in [0.1, 0.15) is 5.75 Å². The minimum atomic E-state index is 0.0452. The number of ether oxygens (including phenoxy) is 1. The van der Waals surface area contributed by atoms with Gasteiger partial charge in [-0.15, -0.1) is 0 Å². The molecule has 0 saturated carbocycles. The van der Waals surface area contributed by atoms with Crippen molar-refractivity contribution in [3.8, 4) is 16.9 Å². The van der Waals surface area contributed by atoms with Gasteiger partial charge in [0.2, 0.25) is 0 Å². The number of likely N-dealkylation sites (tertiary alicyclic amines) is 1. The molecule has 0 spiro atoms. The van der Waals surface area contributed by atoms with Gasteiger partial charge in [-0.1, -0.05) is 12.1 Å². The van der Waals surface area contributed by atoms with Crippen molar-refractivity contribution in [2.75, 3.05) is 20.2 Å². The van der Waals surface area contributed by atoms with Crippen LogP contribution in [-0.2, 0) is 13.6 Å². The van der Waals surface area contributed by atoms with E-state index in [0.29, 0.717) is 12.1 Å². The zero-order valence-electron chi connectivity index (χ0n) is 14.4. The second kappa shape index (κ2) is 5.76. The number of pyridine rings is 1. The Labute approximate surface area is 141 Å². The standard InChI is InChI=1S/C19H23N3O2/c1-12-6-15(9-21(2)19(12)23)13-4-5-14(18(7-13)24-3)10-22-11-16-17(22)8-20-16/h4-7,9,16-17,20H,8,10-11H2,1-3H3. The molecule has 1 aromatic carbocycles. The Morgan fingerprint density at radius 3 is 2.71 bits per heavy atom. The Kier molecular flexibility index (Phi) is 3.70. The molecule has 2 aliphatic rings. The first-order valence-electron chi connectivity index (χ1n) is 8.39. The number of rotatable bonds is 4. The van der Waals surface area contributed by atoms with Gasteiger partial charge in [-0.05, 0) is 30.2 Å². The van der Waals surface area contributed by atoms with Crippen LogP contribution in [0.2, 0.25) is 0 Å². The Hall–Kier alpha value is -2.11. The number of fused-ring (bicyclic) bond motifs is 1. The molecule has 2 aromatic rings. The topological polar surface area (TPSA) is 46.5 Å². The minimum absolute atomic E-state index is 0.0452. The first kappa shape index (κ1) is 15.4. The van der Waals surface area contributed by atoms with Gasteiger partial charge in [0.15, 0.2) is 0 Å². The number of aryl methyl sites for hydroxylation is 2. The molecule has 0 bridgehead atoms. The molecule has 2 fully saturated rings. The van der Waals surface area contributed by atoms with Crippen molar-refractivity contribution in [1.29, 1.82) is 0 Å². The zero-order valence-corrected chi connectivity index (χ0v) is 14.4. The van der Waals surface area contributed by atoms with Crippen LogP contribution in [0.25, 0.3) is 11.1 Å². The second-order valence-corrected chi connectivity index (χ2v) is 6.87. The molecule has 3 heterocycles. The van der Waals surface area contributed by atoms with Gasteiger partial charge >= 0.3 is 0 Å². The lowest BCUT2D eigenvalue weighted by Gasteiger charge is -2.56. The summed E-state index contributed by atoms with van der Waals surface area (Å²) in [5, 5.41) is 3.43. The lowest BCUT2D eigenvalue weighted by Crippen LogP contribution is -2.77. The number of benzene rings is 1. The highest BCUT2D eigenvalue weighted by molar-refractivity contribution is 5.66. The third-order valence-electron chi connectivity index (χ3n) is 5.31. The van der Waals surface area contributed by atoms with Gasteiger partial charge in [-0.3, -0.25) is 9.69 Å². The number of methoxy groups -OCH3 is 1. The zero-order chi connectivity index (χ0) is 16.8. The Morgan fingerprint density at radius 1 is 1.29 bits per heavy atom. The number of nitrogens with zero attached hydrogens (tertiary/aromatic N) is 2. The van der Waals surface area contributed by atoms with Crippen LogP contribution in [0.4, 0.5) is 0 Å². The maximum Gasteiger partial charge on any atom is 0.253 e. The molecule has 2 atom stereocenters. The van der Waals surface area contributed by atoms with Gasteiger partial charge in [-0.25, -0.2) is 0 Å². The van der Waals surface area contributed by atoms with E-state index in [-0.39, 0.29) is 5.56 Å². The Morgan fingerprint density at radius 2 is 2.12 bits per heavy atom. The first-order chi connectivity index (χ1) is 11.6. The summed E-state index contributed by atoms with van der Waals surface area (Å²) in [4.78, 5) is 14.4. The van der Waals surface area contributed by atoms with Gasteiger partial charge in [0.25, 0.3) is 5.56 Å². The molecule has 2 aliphatic heterocycles. The lowest BCUT2D eigenvalue weighted by molar-refractivity contribution is -0.0240. The number of nitrogens with one attached hydrogen (secondary N) is 1. The summed E-state index contributed by atoms with van der Waals surface area (Å²) in [7, 11) is 3.51. The smallest absolute Gasteiger partial charge is 0.253 e. The van der Waals surface area contributed by atoms with E-state index in [1.54, 1.807) is 18.7 Å². The molecular weight excluding hydrogens is 302 g/mol.